The van der Waals surface area contributed by atoms with Crippen molar-refractivity contribution in [3.8, 4) is 12.1 Å². The zero-order valence-electron chi connectivity index (χ0n) is 10.5. The number of ether oxygens (including phenoxy) is 1. The molecule has 1 aromatic heterocycles. The molecule has 5 nitrogen and oxygen atoms in total. The lowest BCUT2D eigenvalue weighted by molar-refractivity contribution is 0.380. The Bertz CT molecular complexity index is 639. The third kappa shape index (κ3) is 2.75. The Morgan fingerprint density at radius 2 is 2.21 bits per heavy atom. The van der Waals surface area contributed by atoms with Crippen molar-refractivity contribution in [3.05, 3.63) is 41.0 Å². The topological polar surface area (TPSA) is 62.0 Å². The first-order chi connectivity index (χ1) is 9.15. The van der Waals surface area contributed by atoms with Crippen LogP contribution in [0.3, 0.4) is 0 Å². The molecule has 19 heavy (non-hydrogen) atoms. The zero-order chi connectivity index (χ0) is 13.8. The number of benzene rings is 1. The Kier molecular flexibility index (Phi) is 3.83. The number of anilines is 2. The van der Waals surface area contributed by atoms with Crippen LogP contribution in [0.1, 0.15) is 5.56 Å². The second-order valence-electron chi connectivity index (χ2n) is 3.75. The third-order valence-corrected chi connectivity index (χ3v) is 2.83. The summed E-state index contributed by atoms with van der Waals surface area (Å²) in [7, 11) is 3.30. The maximum Gasteiger partial charge on any atom is 0.318 e. The molecule has 0 saturated heterocycles. The van der Waals surface area contributed by atoms with Gasteiger partial charge in [0.05, 0.1) is 24.9 Å². The molecule has 1 aromatic carbocycles. The molecule has 0 unspecified atom stereocenters. The minimum absolute atomic E-state index is 0.239. The molecule has 0 saturated carbocycles. The first kappa shape index (κ1) is 13.1. The van der Waals surface area contributed by atoms with Gasteiger partial charge in [0.1, 0.15) is 5.02 Å². The molecule has 0 amide bonds. The number of hydrogen-bond donors (Lipinski definition) is 0. The van der Waals surface area contributed by atoms with E-state index in [0.29, 0.717) is 16.4 Å². The lowest BCUT2D eigenvalue weighted by atomic mass is 10.2. The summed E-state index contributed by atoms with van der Waals surface area (Å²) >= 11 is 6.08. The monoisotopic (exact) mass is 274 g/mol. The van der Waals surface area contributed by atoms with Gasteiger partial charge in [-0.05, 0) is 18.2 Å². The van der Waals surface area contributed by atoms with Gasteiger partial charge in [-0.1, -0.05) is 17.7 Å². The highest BCUT2D eigenvalue weighted by molar-refractivity contribution is 6.32. The van der Waals surface area contributed by atoms with Crippen LogP contribution in [0.4, 0.5) is 11.5 Å². The summed E-state index contributed by atoms with van der Waals surface area (Å²) in [5, 5.41) is 9.32. The Morgan fingerprint density at radius 1 is 1.42 bits per heavy atom. The average molecular weight is 275 g/mol. The van der Waals surface area contributed by atoms with E-state index in [1.165, 1.54) is 13.3 Å². The van der Waals surface area contributed by atoms with E-state index in [0.717, 1.165) is 5.69 Å². The van der Waals surface area contributed by atoms with Crippen molar-refractivity contribution in [3.63, 3.8) is 0 Å². The lowest BCUT2D eigenvalue weighted by Crippen LogP contribution is -2.12. The standard InChI is InChI=1S/C13H11ClN4O/c1-18(10-5-3-4-9(6-10)7-15)12-11(14)8-16-13(17-12)19-2/h3-6,8H,1-2H3. The van der Waals surface area contributed by atoms with E-state index in [1.54, 1.807) is 23.1 Å². The fourth-order valence-corrected chi connectivity index (χ4v) is 1.80. The molecule has 0 aliphatic carbocycles. The maximum atomic E-state index is 8.91. The highest BCUT2D eigenvalue weighted by atomic mass is 35.5. The minimum Gasteiger partial charge on any atom is -0.467 e. The van der Waals surface area contributed by atoms with Crippen LogP contribution in [0.15, 0.2) is 30.5 Å². The maximum absolute atomic E-state index is 8.91. The SMILES string of the molecule is COc1ncc(Cl)c(N(C)c2cccc(C#N)c2)n1. The smallest absolute Gasteiger partial charge is 0.318 e. The summed E-state index contributed by atoms with van der Waals surface area (Å²) in [6, 6.07) is 9.49. The van der Waals surface area contributed by atoms with Gasteiger partial charge in [0, 0.05) is 12.7 Å². The molecule has 2 rings (SSSR count). The van der Waals surface area contributed by atoms with Crippen molar-refractivity contribution in [2.45, 2.75) is 0 Å². The third-order valence-electron chi connectivity index (χ3n) is 2.57. The van der Waals surface area contributed by atoms with Crippen LogP contribution in [-0.4, -0.2) is 24.1 Å². The highest BCUT2D eigenvalue weighted by Gasteiger charge is 2.12. The normalized spacial score (nSPS) is 9.79. The van der Waals surface area contributed by atoms with Crippen molar-refractivity contribution in [2.24, 2.45) is 0 Å². The molecular weight excluding hydrogens is 264 g/mol. The molecule has 1 heterocycles. The molecule has 0 aliphatic heterocycles. The molecular formula is C13H11ClN4O. The van der Waals surface area contributed by atoms with Crippen LogP contribution in [0, 0.1) is 11.3 Å². The molecule has 6 heteroatoms. The zero-order valence-corrected chi connectivity index (χ0v) is 11.2. The van der Waals surface area contributed by atoms with Crippen LogP contribution in [0.25, 0.3) is 0 Å². The molecule has 0 radical (unpaired) electrons. The van der Waals surface area contributed by atoms with Crippen molar-refractivity contribution in [1.29, 1.82) is 5.26 Å². The van der Waals surface area contributed by atoms with Crippen LogP contribution in [0.5, 0.6) is 6.01 Å². The summed E-state index contributed by atoms with van der Waals surface area (Å²) in [5.41, 5.74) is 1.38. The summed E-state index contributed by atoms with van der Waals surface area (Å²) in [6.45, 7) is 0. The Hall–Kier alpha value is -2.32. The van der Waals surface area contributed by atoms with Crippen LogP contribution in [0.2, 0.25) is 5.02 Å². The number of nitrogens with zero attached hydrogens (tertiary/aromatic N) is 4. The minimum atomic E-state index is 0.239. The quantitative estimate of drug-likeness (QED) is 0.861. The van der Waals surface area contributed by atoms with Crippen LogP contribution in [-0.2, 0) is 0 Å². The number of hydrogen-bond acceptors (Lipinski definition) is 5. The van der Waals surface area contributed by atoms with Gasteiger partial charge in [0.2, 0.25) is 0 Å². The van der Waals surface area contributed by atoms with Crippen molar-refractivity contribution < 1.29 is 4.74 Å². The van der Waals surface area contributed by atoms with Gasteiger partial charge < -0.3 is 9.64 Å². The number of nitriles is 1. The molecule has 0 fully saturated rings. The van der Waals surface area contributed by atoms with Gasteiger partial charge in [-0.25, -0.2) is 4.98 Å². The molecule has 0 spiro atoms. The Morgan fingerprint density at radius 3 is 2.89 bits per heavy atom. The van der Waals surface area contributed by atoms with Gasteiger partial charge in [0.25, 0.3) is 0 Å². The summed E-state index contributed by atoms with van der Waals surface area (Å²) < 4.78 is 4.98. The molecule has 2 aromatic rings. The molecule has 0 atom stereocenters. The Labute approximate surface area is 116 Å². The fraction of sp³-hybridized carbons (Fsp3) is 0.154. The average Bonchev–Trinajstić information content (AvgIpc) is 2.47. The van der Waals surface area contributed by atoms with Crippen LogP contribution < -0.4 is 9.64 Å². The predicted octanol–water partition coefficient (Wildman–Crippen LogP) is 2.78. The second-order valence-corrected chi connectivity index (χ2v) is 4.16. The van der Waals surface area contributed by atoms with E-state index in [4.69, 9.17) is 21.6 Å². The summed E-state index contributed by atoms with van der Waals surface area (Å²) in [6.07, 6.45) is 1.48. The first-order valence-corrected chi connectivity index (χ1v) is 5.84. The van der Waals surface area contributed by atoms with E-state index in [9.17, 15) is 0 Å². The Balaban J connectivity index is 2.43. The summed E-state index contributed by atoms with van der Waals surface area (Å²) in [5.74, 6) is 0.517. The van der Waals surface area contributed by atoms with E-state index in [-0.39, 0.29) is 6.01 Å². The van der Waals surface area contributed by atoms with E-state index in [1.807, 2.05) is 13.1 Å². The van der Waals surface area contributed by atoms with E-state index < -0.39 is 0 Å². The van der Waals surface area contributed by atoms with Crippen LogP contribution >= 0.6 is 11.6 Å². The van der Waals surface area contributed by atoms with E-state index in [2.05, 4.69) is 16.0 Å². The number of aromatic nitrogens is 2. The molecule has 0 bridgehead atoms. The van der Waals surface area contributed by atoms with Crippen molar-refractivity contribution in [2.75, 3.05) is 19.1 Å². The lowest BCUT2D eigenvalue weighted by Gasteiger charge is -2.19. The second kappa shape index (κ2) is 5.55. The molecule has 96 valence electrons. The molecule has 0 aliphatic rings. The summed E-state index contributed by atoms with van der Waals surface area (Å²) in [4.78, 5) is 9.89. The van der Waals surface area contributed by atoms with Gasteiger partial charge in [-0.3, -0.25) is 0 Å². The molecule has 0 N–H and O–H groups in total. The first-order valence-electron chi connectivity index (χ1n) is 5.46. The van der Waals surface area contributed by atoms with E-state index >= 15 is 0 Å². The predicted molar refractivity (Wildman–Crippen MR) is 72.8 cm³/mol. The van der Waals surface area contributed by atoms with Gasteiger partial charge in [0.15, 0.2) is 5.82 Å². The number of halogens is 1. The fourth-order valence-electron chi connectivity index (χ4n) is 1.58. The highest BCUT2D eigenvalue weighted by Crippen LogP contribution is 2.29. The van der Waals surface area contributed by atoms with Crippen molar-refractivity contribution >= 4 is 23.1 Å². The van der Waals surface area contributed by atoms with Gasteiger partial charge in [-0.15, -0.1) is 0 Å². The van der Waals surface area contributed by atoms with Crippen molar-refractivity contribution in [1.82, 2.24) is 9.97 Å². The van der Waals surface area contributed by atoms with Gasteiger partial charge in [-0.2, -0.15) is 10.2 Å². The largest absolute Gasteiger partial charge is 0.467 e. The van der Waals surface area contributed by atoms with Gasteiger partial charge >= 0.3 is 6.01 Å². The number of rotatable bonds is 3. The number of methoxy groups -OCH3 is 1.